The molecule has 2 atom stereocenters. The van der Waals surface area contributed by atoms with E-state index in [4.69, 9.17) is 0 Å². The number of benzene rings is 1. The summed E-state index contributed by atoms with van der Waals surface area (Å²) in [6.45, 7) is 5.52. The van der Waals surface area contributed by atoms with Crippen LogP contribution >= 0.6 is 0 Å². The minimum absolute atomic E-state index is 0.358. The summed E-state index contributed by atoms with van der Waals surface area (Å²) in [5.74, 6) is 1.41. The van der Waals surface area contributed by atoms with Gasteiger partial charge in [-0.1, -0.05) is 26.0 Å². The fourth-order valence-electron chi connectivity index (χ4n) is 1.87. The van der Waals surface area contributed by atoms with E-state index in [1.54, 1.807) is 6.07 Å². The van der Waals surface area contributed by atoms with Gasteiger partial charge >= 0.3 is 0 Å². The monoisotopic (exact) mass is 207 g/mol. The summed E-state index contributed by atoms with van der Waals surface area (Å²) in [6, 6.07) is 7.56. The Morgan fingerprint density at radius 1 is 1.27 bits per heavy atom. The molecule has 2 nitrogen and oxygen atoms in total. The molecule has 0 saturated carbocycles. The van der Waals surface area contributed by atoms with Crippen molar-refractivity contribution in [1.29, 1.82) is 0 Å². The van der Waals surface area contributed by atoms with Crippen molar-refractivity contribution in [3.63, 3.8) is 0 Å². The average Bonchev–Trinajstić information content (AvgIpc) is 2.15. The van der Waals surface area contributed by atoms with Crippen molar-refractivity contribution < 1.29 is 5.11 Å². The van der Waals surface area contributed by atoms with E-state index in [0.717, 1.165) is 6.54 Å². The first-order chi connectivity index (χ1) is 7.00. The second kappa shape index (κ2) is 5.17. The van der Waals surface area contributed by atoms with E-state index >= 15 is 0 Å². The fourth-order valence-corrected chi connectivity index (χ4v) is 1.87. The molecule has 2 heteroatoms. The maximum absolute atomic E-state index is 9.42. The molecule has 0 radical (unpaired) electrons. The molecule has 1 aromatic rings. The van der Waals surface area contributed by atoms with Gasteiger partial charge in [-0.05, 0) is 43.6 Å². The van der Waals surface area contributed by atoms with E-state index in [1.807, 2.05) is 12.1 Å². The molecule has 0 aromatic heterocycles. The van der Waals surface area contributed by atoms with Crippen LogP contribution in [0.15, 0.2) is 24.3 Å². The van der Waals surface area contributed by atoms with Crippen molar-refractivity contribution in [2.24, 2.45) is 5.92 Å². The standard InChI is InChI=1S/C13H21NO/c1-10(9-14(3)4)11(2)12-6-5-7-13(15)8-12/h5-8,10-11,15H,9H2,1-4H3/t10-,11+/m0/s1. The molecule has 0 aliphatic rings. The summed E-state index contributed by atoms with van der Waals surface area (Å²) >= 11 is 0. The van der Waals surface area contributed by atoms with E-state index in [9.17, 15) is 5.11 Å². The van der Waals surface area contributed by atoms with Crippen molar-refractivity contribution in [2.45, 2.75) is 19.8 Å². The molecule has 0 unspecified atom stereocenters. The first-order valence-electron chi connectivity index (χ1n) is 5.44. The van der Waals surface area contributed by atoms with Crippen molar-refractivity contribution in [2.75, 3.05) is 20.6 Å². The Labute approximate surface area is 92.5 Å². The molecule has 0 aliphatic heterocycles. The number of phenolic OH excluding ortho intramolecular Hbond substituents is 1. The highest BCUT2D eigenvalue weighted by Crippen LogP contribution is 2.26. The highest BCUT2D eigenvalue weighted by molar-refractivity contribution is 5.29. The number of phenols is 1. The second-order valence-corrected chi connectivity index (χ2v) is 4.62. The van der Waals surface area contributed by atoms with Crippen LogP contribution in [0.4, 0.5) is 0 Å². The highest BCUT2D eigenvalue weighted by atomic mass is 16.3. The van der Waals surface area contributed by atoms with Crippen LogP contribution in [0.1, 0.15) is 25.3 Å². The summed E-state index contributed by atoms with van der Waals surface area (Å²) in [7, 11) is 4.18. The number of rotatable bonds is 4. The molecule has 0 bridgehead atoms. The van der Waals surface area contributed by atoms with Crippen LogP contribution < -0.4 is 0 Å². The van der Waals surface area contributed by atoms with Gasteiger partial charge in [-0.3, -0.25) is 0 Å². The van der Waals surface area contributed by atoms with Crippen LogP contribution in [-0.4, -0.2) is 30.6 Å². The van der Waals surface area contributed by atoms with E-state index in [2.05, 4.69) is 38.9 Å². The topological polar surface area (TPSA) is 23.5 Å². The van der Waals surface area contributed by atoms with Crippen molar-refractivity contribution in [3.05, 3.63) is 29.8 Å². The maximum atomic E-state index is 9.42. The number of hydrogen-bond donors (Lipinski definition) is 1. The molecule has 1 N–H and O–H groups in total. The zero-order chi connectivity index (χ0) is 11.4. The first-order valence-corrected chi connectivity index (χ1v) is 5.44. The zero-order valence-electron chi connectivity index (χ0n) is 10.1. The molecule has 84 valence electrons. The molecule has 1 aromatic carbocycles. The molecule has 0 aliphatic carbocycles. The predicted octanol–water partition coefficient (Wildman–Crippen LogP) is 2.69. The Morgan fingerprint density at radius 3 is 2.47 bits per heavy atom. The summed E-state index contributed by atoms with van der Waals surface area (Å²) in [5, 5.41) is 9.42. The fraction of sp³-hybridized carbons (Fsp3) is 0.538. The Bertz CT molecular complexity index is 309. The number of hydrogen-bond acceptors (Lipinski definition) is 2. The smallest absolute Gasteiger partial charge is 0.115 e. The van der Waals surface area contributed by atoms with Crippen LogP contribution in [0.5, 0.6) is 5.75 Å². The lowest BCUT2D eigenvalue weighted by Gasteiger charge is -2.23. The van der Waals surface area contributed by atoms with Gasteiger partial charge in [-0.15, -0.1) is 0 Å². The molecule has 15 heavy (non-hydrogen) atoms. The summed E-state index contributed by atoms with van der Waals surface area (Å²) in [4.78, 5) is 2.20. The Morgan fingerprint density at radius 2 is 1.93 bits per heavy atom. The summed E-state index contributed by atoms with van der Waals surface area (Å²) in [6.07, 6.45) is 0. The molecule has 0 spiro atoms. The van der Waals surface area contributed by atoms with E-state index < -0.39 is 0 Å². The third-order valence-corrected chi connectivity index (χ3v) is 2.90. The van der Waals surface area contributed by atoms with E-state index in [-0.39, 0.29) is 0 Å². The van der Waals surface area contributed by atoms with Gasteiger partial charge in [0.1, 0.15) is 5.75 Å². The SMILES string of the molecule is C[C@@H](CN(C)C)[C@@H](C)c1cccc(O)c1. The van der Waals surface area contributed by atoms with Gasteiger partial charge in [0.25, 0.3) is 0 Å². The summed E-state index contributed by atoms with van der Waals surface area (Å²) < 4.78 is 0. The van der Waals surface area contributed by atoms with Gasteiger partial charge in [0.15, 0.2) is 0 Å². The zero-order valence-corrected chi connectivity index (χ0v) is 10.1. The molecule has 0 saturated heterocycles. The largest absolute Gasteiger partial charge is 0.508 e. The van der Waals surface area contributed by atoms with E-state index in [1.165, 1.54) is 5.56 Å². The lowest BCUT2D eigenvalue weighted by atomic mass is 9.88. The summed E-state index contributed by atoms with van der Waals surface area (Å²) in [5.41, 5.74) is 1.21. The van der Waals surface area contributed by atoms with Crippen molar-refractivity contribution in [1.82, 2.24) is 4.90 Å². The lowest BCUT2D eigenvalue weighted by molar-refractivity contribution is 0.313. The van der Waals surface area contributed by atoms with Crippen LogP contribution in [0.25, 0.3) is 0 Å². The second-order valence-electron chi connectivity index (χ2n) is 4.62. The molecular formula is C13H21NO. The number of aromatic hydroxyl groups is 1. The van der Waals surface area contributed by atoms with E-state index in [0.29, 0.717) is 17.6 Å². The molecule has 0 heterocycles. The average molecular weight is 207 g/mol. The van der Waals surface area contributed by atoms with Gasteiger partial charge in [0.2, 0.25) is 0 Å². The van der Waals surface area contributed by atoms with Gasteiger partial charge in [0, 0.05) is 6.54 Å². The molecule has 1 rings (SSSR count). The van der Waals surface area contributed by atoms with Crippen LogP contribution in [0.3, 0.4) is 0 Å². The first kappa shape index (κ1) is 12.1. The maximum Gasteiger partial charge on any atom is 0.115 e. The Balaban J connectivity index is 2.71. The minimum Gasteiger partial charge on any atom is -0.508 e. The lowest BCUT2D eigenvalue weighted by Crippen LogP contribution is -2.23. The predicted molar refractivity (Wildman–Crippen MR) is 64.2 cm³/mol. The molecule has 0 amide bonds. The normalized spacial score (nSPS) is 15.3. The van der Waals surface area contributed by atoms with Gasteiger partial charge in [-0.2, -0.15) is 0 Å². The molecule has 0 fully saturated rings. The highest BCUT2D eigenvalue weighted by Gasteiger charge is 2.15. The Hall–Kier alpha value is -1.02. The van der Waals surface area contributed by atoms with Crippen LogP contribution in [-0.2, 0) is 0 Å². The van der Waals surface area contributed by atoms with Gasteiger partial charge < -0.3 is 10.0 Å². The number of nitrogens with zero attached hydrogens (tertiary/aromatic N) is 1. The Kier molecular flexibility index (Phi) is 4.15. The van der Waals surface area contributed by atoms with Crippen LogP contribution in [0, 0.1) is 5.92 Å². The third kappa shape index (κ3) is 3.56. The van der Waals surface area contributed by atoms with Crippen LogP contribution in [0.2, 0.25) is 0 Å². The van der Waals surface area contributed by atoms with Gasteiger partial charge in [0.05, 0.1) is 0 Å². The van der Waals surface area contributed by atoms with Crippen molar-refractivity contribution in [3.8, 4) is 5.75 Å². The van der Waals surface area contributed by atoms with Crippen molar-refractivity contribution >= 4 is 0 Å². The molecular weight excluding hydrogens is 186 g/mol. The minimum atomic E-state index is 0.358. The quantitative estimate of drug-likeness (QED) is 0.820. The van der Waals surface area contributed by atoms with Gasteiger partial charge in [-0.25, -0.2) is 0 Å². The third-order valence-electron chi connectivity index (χ3n) is 2.90.